The maximum absolute atomic E-state index is 11.9. The van der Waals surface area contributed by atoms with Gasteiger partial charge in [0.25, 0.3) is 0 Å². The van der Waals surface area contributed by atoms with Crippen LogP contribution in [0.1, 0.15) is 33.6 Å². The third kappa shape index (κ3) is 5.28. The second-order valence-electron chi connectivity index (χ2n) is 5.77. The van der Waals surface area contributed by atoms with Gasteiger partial charge >= 0.3 is 0 Å². The average molecular weight is 269 g/mol. The number of hydrogen-bond donors (Lipinski definition) is 2. The summed E-state index contributed by atoms with van der Waals surface area (Å²) in [5, 5.41) is 5.45. The highest BCUT2D eigenvalue weighted by Gasteiger charge is 2.22. The molecule has 1 fully saturated rings. The molecule has 6 nitrogen and oxygen atoms in total. The van der Waals surface area contributed by atoms with Crippen LogP contribution in [0.15, 0.2) is 0 Å². The Balaban J connectivity index is 2.34. The Morgan fingerprint density at radius 3 is 2.68 bits per heavy atom. The molecule has 3 amide bonds. The molecular weight excluding hydrogens is 246 g/mol. The van der Waals surface area contributed by atoms with Crippen LogP contribution in [0.4, 0.5) is 0 Å². The van der Waals surface area contributed by atoms with E-state index in [4.69, 9.17) is 0 Å². The van der Waals surface area contributed by atoms with Crippen molar-refractivity contribution in [2.45, 2.75) is 33.6 Å². The number of carbonyl (C=O) groups is 3. The molecule has 0 spiro atoms. The van der Waals surface area contributed by atoms with E-state index in [1.54, 1.807) is 4.90 Å². The van der Waals surface area contributed by atoms with Crippen LogP contribution in [0.5, 0.6) is 0 Å². The van der Waals surface area contributed by atoms with Crippen LogP contribution < -0.4 is 10.6 Å². The fraction of sp³-hybridized carbons (Fsp3) is 0.769. The molecule has 0 aromatic rings. The van der Waals surface area contributed by atoms with Crippen molar-refractivity contribution in [3.63, 3.8) is 0 Å². The van der Waals surface area contributed by atoms with Gasteiger partial charge in [0.1, 0.15) is 0 Å². The predicted octanol–water partition coefficient (Wildman–Crippen LogP) is -0.113. The first-order valence-electron chi connectivity index (χ1n) is 6.63. The summed E-state index contributed by atoms with van der Waals surface area (Å²) in [6.45, 7) is 7.10. The van der Waals surface area contributed by atoms with Crippen molar-refractivity contribution in [2.75, 3.05) is 26.2 Å². The van der Waals surface area contributed by atoms with Crippen molar-refractivity contribution in [1.82, 2.24) is 15.5 Å². The summed E-state index contributed by atoms with van der Waals surface area (Å²) in [4.78, 5) is 36.4. The molecule has 0 aromatic heterocycles. The second kappa shape index (κ2) is 6.54. The second-order valence-corrected chi connectivity index (χ2v) is 5.77. The number of rotatable bonds is 3. The molecule has 108 valence electrons. The third-order valence-electron chi connectivity index (χ3n) is 2.92. The van der Waals surface area contributed by atoms with Crippen LogP contribution in [-0.4, -0.2) is 48.8 Å². The normalized spacial score (nSPS) is 16.6. The van der Waals surface area contributed by atoms with E-state index in [0.717, 1.165) is 6.42 Å². The Morgan fingerprint density at radius 1 is 1.37 bits per heavy atom. The van der Waals surface area contributed by atoms with Crippen LogP contribution in [0, 0.1) is 5.41 Å². The van der Waals surface area contributed by atoms with Gasteiger partial charge in [0.15, 0.2) is 0 Å². The van der Waals surface area contributed by atoms with E-state index in [-0.39, 0.29) is 30.7 Å². The summed E-state index contributed by atoms with van der Waals surface area (Å²) in [5.74, 6) is -0.287. The van der Waals surface area contributed by atoms with Gasteiger partial charge in [-0.15, -0.1) is 0 Å². The minimum Gasteiger partial charge on any atom is -0.355 e. The Morgan fingerprint density at radius 2 is 2.05 bits per heavy atom. The monoisotopic (exact) mass is 269 g/mol. The lowest BCUT2D eigenvalue weighted by atomic mass is 9.96. The first-order chi connectivity index (χ1) is 8.80. The van der Waals surface area contributed by atoms with E-state index >= 15 is 0 Å². The summed E-state index contributed by atoms with van der Waals surface area (Å²) < 4.78 is 0. The average Bonchev–Trinajstić information content (AvgIpc) is 2.52. The number of amides is 3. The van der Waals surface area contributed by atoms with Crippen molar-refractivity contribution in [3.8, 4) is 0 Å². The molecule has 0 saturated carbocycles. The lowest BCUT2D eigenvalue weighted by Crippen LogP contribution is -2.40. The van der Waals surface area contributed by atoms with Crippen molar-refractivity contribution < 1.29 is 14.4 Å². The highest BCUT2D eigenvalue weighted by atomic mass is 16.2. The van der Waals surface area contributed by atoms with E-state index in [1.807, 2.05) is 20.8 Å². The Labute approximate surface area is 113 Å². The van der Waals surface area contributed by atoms with Gasteiger partial charge in [-0.3, -0.25) is 14.4 Å². The first-order valence-corrected chi connectivity index (χ1v) is 6.63. The maximum Gasteiger partial charge on any atom is 0.239 e. The van der Waals surface area contributed by atoms with Gasteiger partial charge in [-0.1, -0.05) is 20.8 Å². The highest BCUT2D eigenvalue weighted by molar-refractivity contribution is 5.86. The molecule has 19 heavy (non-hydrogen) atoms. The minimum absolute atomic E-state index is 0.0751. The molecule has 0 bridgehead atoms. The van der Waals surface area contributed by atoms with Gasteiger partial charge in [0, 0.05) is 31.5 Å². The standard InChI is InChI=1S/C13H23N3O3/c1-13(2,3)12(19)15-7-5-11(18)16-8-4-6-14-10(17)9-16/h4-9H2,1-3H3,(H,14,17)(H,15,19). The Kier molecular flexibility index (Phi) is 5.32. The third-order valence-corrected chi connectivity index (χ3v) is 2.92. The summed E-state index contributed by atoms with van der Waals surface area (Å²) >= 11 is 0. The van der Waals surface area contributed by atoms with Crippen LogP contribution in [0.3, 0.4) is 0 Å². The minimum atomic E-state index is -0.453. The van der Waals surface area contributed by atoms with Crippen molar-refractivity contribution in [3.05, 3.63) is 0 Å². The van der Waals surface area contributed by atoms with Gasteiger partial charge in [-0.25, -0.2) is 0 Å². The van der Waals surface area contributed by atoms with Crippen molar-refractivity contribution in [2.24, 2.45) is 5.41 Å². The van der Waals surface area contributed by atoms with Crippen LogP contribution in [0.25, 0.3) is 0 Å². The number of carbonyl (C=O) groups excluding carboxylic acids is 3. The molecule has 1 rings (SSSR count). The zero-order valence-corrected chi connectivity index (χ0v) is 11.9. The Bertz CT molecular complexity index is 361. The summed E-state index contributed by atoms with van der Waals surface area (Å²) in [7, 11) is 0. The summed E-state index contributed by atoms with van der Waals surface area (Å²) in [6.07, 6.45) is 1.00. The molecule has 0 atom stereocenters. The number of nitrogens with zero attached hydrogens (tertiary/aromatic N) is 1. The van der Waals surface area contributed by atoms with Crippen molar-refractivity contribution in [1.29, 1.82) is 0 Å². The van der Waals surface area contributed by atoms with E-state index in [0.29, 0.717) is 19.6 Å². The maximum atomic E-state index is 11.9. The van der Waals surface area contributed by atoms with Crippen LogP contribution >= 0.6 is 0 Å². The zero-order valence-electron chi connectivity index (χ0n) is 11.9. The zero-order chi connectivity index (χ0) is 14.5. The van der Waals surface area contributed by atoms with E-state index < -0.39 is 5.41 Å². The predicted molar refractivity (Wildman–Crippen MR) is 71.3 cm³/mol. The van der Waals surface area contributed by atoms with Gasteiger partial charge in [-0.05, 0) is 6.42 Å². The molecule has 6 heteroatoms. The molecule has 0 radical (unpaired) electrons. The molecule has 0 aliphatic carbocycles. The lowest BCUT2D eigenvalue weighted by molar-refractivity contribution is -0.135. The SMILES string of the molecule is CC(C)(C)C(=O)NCCC(=O)N1CCCNC(=O)C1. The molecule has 1 heterocycles. The van der Waals surface area contributed by atoms with E-state index in [1.165, 1.54) is 0 Å². The fourth-order valence-corrected chi connectivity index (χ4v) is 1.73. The number of hydrogen-bond acceptors (Lipinski definition) is 3. The first kappa shape index (κ1) is 15.5. The molecule has 1 aliphatic heterocycles. The molecular formula is C13H23N3O3. The quantitative estimate of drug-likeness (QED) is 0.750. The molecule has 1 saturated heterocycles. The van der Waals surface area contributed by atoms with Crippen molar-refractivity contribution >= 4 is 17.7 Å². The smallest absolute Gasteiger partial charge is 0.239 e. The molecule has 2 N–H and O–H groups in total. The van der Waals surface area contributed by atoms with Gasteiger partial charge < -0.3 is 15.5 Å². The van der Waals surface area contributed by atoms with Gasteiger partial charge in [0.2, 0.25) is 17.7 Å². The molecule has 1 aliphatic rings. The fourth-order valence-electron chi connectivity index (χ4n) is 1.73. The topological polar surface area (TPSA) is 78.5 Å². The molecule has 0 unspecified atom stereocenters. The summed E-state index contributed by atoms with van der Waals surface area (Å²) in [6, 6.07) is 0. The lowest BCUT2D eigenvalue weighted by Gasteiger charge is -2.20. The van der Waals surface area contributed by atoms with Gasteiger partial charge in [0.05, 0.1) is 6.54 Å². The van der Waals surface area contributed by atoms with Crippen LogP contribution in [-0.2, 0) is 14.4 Å². The summed E-state index contributed by atoms with van der Waals surface area (Å²) in [5.41, 5.74) is -0.453. The number of nitrogens with one attached hydrogen (secondary N) is 2. The van der Waals surface area contributed by atoms with Crippen LogP contribution in [0.2, 0.25) is 0 Å². The van der Waals surface area contributed by atoms with Gasteiger partial charge in [-0.2, -0.15) is 0 Å². The highest BCUT2D eigenvalue weighted by Crippen LogP contribution is 2.12. The largest absolute Gasteiger partial charge is 0.355 e. The van der Waals surface area contributed by atoms with E-state index in [9.17, 15) is 14.4 Å². The van der Waals surface area contributed by atoms with E-state index in [2.05, 4.69) is 10.6 Å². The molecule has 0 aromatic carbocycles. The Hall–Kier alpha value is -1.59.